The van der Waals surface area contributed by atoms with Crippen molar-refractivity contribution in [2.45, 2.75) is 51.5 Å². The third kappa shape index (κ3) is 5.48. The number of nitrogens with two attached hydrogens (primary N) is 1. The SMILES string of the molecule is CCCCCCCC(NN)c1ccnc(Cl)c1. The Hall–Kier alpha value is -0.640. The highest BCUT2D eigenvalue weighted by atomic mass is 35.5. The van der Waals surface area contributed by atoms with Gasteiger partial charge in [0, 0.05) is 12.2 Å². The molecule has 1 aromatic rings. The lowest BCUT2D eigenvalue weighted by Crippen LogP contribution is -2.28. The summed E-state index contributed by atoms with van der Waals surface area (Å²) >= 11 is 5.87. The standard InChI is InChI=1S/C13H22ClN3/c1-2-3-4-5-6-7-12(17-15)11-8-9-16-13(14)10-11/h8-10,12,17H,2-7,15H2,1H3. The summed E-state index contributed by atoms with van der Waals surface area (Å²) in [4.78, 5) is 3.97. The number of hydrazine groups is 1. The topological polar surface area (TPSA) is 50.9 Å². The van der Waals surface area contributed by atoms with Crippen molar-refractivity contribution in [2.24, 2.45) is 5.84 Å². The molecule has 17 heavy (non-hydrogen) atoms. The summed E-state index contributed by atoms with van der Waals surface area (Å²) in [5.74, 6) is 5.58. The highest BCUT2D eigenvalue weighted by Crippen LogP contribution is 2.21. The van der Waals surface area contributed by atoms with Gasteiger partial charge in [0.15, 0.2) is 0 Å². The maximum atomic E-state index is 5.87. The Morgan fingerprint density at radius 1 is 1.35 bits per heavy atom. The van der Waals surface area contributed by atoms with E-state index in [1.807, 2.05) is 12.1 Å². The first-order valence-corrected chi connectivity index (χ1v) is 6.73. The lowest BCUT2D eigenvalue weighted by Gasteiger charge is -2.16. The molecule has 0 amide bonds. The van der Waals surface area contributed by atoms with Crippen molar-refractivity contribution in [3.8, 4) is 0 Å². The zero-order chi connectivity index (χ0) is 12.5. The van der Waals surface area contributed by atoms with E-state index in [1.54, 1.807) is 6.20 Å². The lowest BCUT2D eigenvalue weighted by atomic mass is 10.0. The smallest absolute Gasteiger partial charge is 0.129 e. The van der Waals surface area contributed by atoms with E-state index in [0.29, 0.717) is 5.15 Å². The molecule has 0 aliphatic heterocycles. The van der Waals surface area contributed by atoms with Crippen molar-refractivity contribution in [1.82, 2.24) is 10.4 Å². The maximum absolute atomic E-state index is 5.87. The molecular weight excluding hydrogens is 234 g/mol. The number of unbranched alkanes of at least 4 members (excludes halogenated alkanes) is 4. The minimum Gasteiger partial charge on any atom is -0.271 e. The molecular formula is C13H22ClN3. The second kappa shape index (κ2) is 8.45. The maximum Gasteiger partial charge on any atom is 0.129 e. The molecule has 96 valence electrons. The van der Waals surface area contributed by atoms with Crippen molar-refractivity contribution < 1.29 is 0 Å². The van der Waals surface area contributed by atoms with Gasteiger partial charge in [-0.25, -0.2) is 4.98 Å². The van der Waals surface area contributed by atoms with Crippen molar-refractivity contribution >= 4 is 11.6 Å². The minimum absolute atomic E-state index is 0.178. The number of hydrogen-bond acceptors (Lipinski definition) is 3. The normalized spacial score (nSPS) is 12.6. The number of nitrogens with one attached hydrogen (secondary N) is 1. The van der Waals surface area contributed by atoms with Gasteiger partial charge in [0.25, 0.3) is 0 Å². The van der Waals surface area contributed by atoms with Gasteiger partial charge in [0.05, 0.1) is 0 Å². The summed E-state index contributed by atoms with van der Waals surface area (Å²) in [5, 5.41) is 0.522. The molecule has 4 heteroatoms. The van der Waals surface area contributed by atoms with Gasteiger partial charge in [-0.05, 0) is 24.1 Å². The summed E-state index contributed by atoms with van der Waals surface area (Å²) in [6, 6.07) is 4.01. The molecule has 1 rings (SSSR count). The Balaban J connectivity index is 2.38. The summed E-state index contributed by atoms with van der Waals surface area (Å²) in [7, 11) is 0. The average Bonchev–Trinajstić information content (AvgIpc) is 2.34. The van der Waals surface area contributed by atoms with E-state index in [0.717, 1.165) is 12.0 Å². The van der Waals surface area contributed by atoms with Gasteiger partial charge in [0.2, 0.25) is 0 Å². The number of rotatable bonds is 8. The van der Waals surface area contributed by atoms with Crippen LogP contribution in [0.5, 0.6) is 0 Å². The van der Waals surface area contributed by atoms with Gasteiger partial charge in [-0.1, -0.05) is 50.6 Å². The van der Waals surface area contributed by atoms with Crippen LogP contribution < -0.4 is 11.3 Å². The van der Waals surface area contributed by atoms with E-state index in [9.17, 15) is 0 Å². The van der Waals surface area contributed by atoms with E-state index in [1.165, 1.54) is 32.1 Å². The quantitative estimate of drug-likeness (QED) is 0.323. The first-order valence-electron chi connectivity index (χ1n) is 6.35. The Labute approximate surface area is 109 Å². The van der Waals surface area contributed by atoms with Crippen molar-refractivity contribution in [3.63, 3.8) is 0 Å². The number of nitrogens with zero attached hydrogens (tertiary/aromatic N) is 1. The lowest BCUT2D eigenvalue weighted by molar-refractivity contribution is 0.478. The molecule has 3 nitrogen and oxygen atoms in total. The van der Waals surface area contributed by atoms with Crippen LogP contribution in [0.1, 0.15) is 57.1 Å². The molecule has 0 saturated carbocycles. The van der Waals surface area contributed by atoms with Gasteiger partial charge >= 0.3 is 0 Å². The van der Waals surface area contributed by atoms with Gasteiger partial charge in [-0.2, -0.15) is 0 Å². The molecule has 3 N–H and O–H groups in total. The van der Waals surface area contributed by atoms with Crippen LogP contribution in [0.3, 0.4) is 0 Å². The summed E-state index contributed by atoms with van der Waals surface area (Å²) in [5.41, 5.74) is 3.96. The Bertz CT molecular complexity index is 317. The van der Waals surface area contributed by atoms with Crippen LogP contribution in [0, 0.1) is 0 Å². The fraction of sp³-hybridized carbons (Fsp3) is 0.615. The second-order valence-electron chi connectivity index (χ2n) is 4.33. The average molecular weight is 256 g/mol. The monoisotopic (exact) mass is 255 g/mol. The van der Waals surface area contributed by atoms with E-state index in [4.69, 9.17) is 17.4 Å². The van der Waals surface area contributed by atoms with Crippen LogP contribution in [0.15, 0.2) is 18.3 Å². The number of pyridine rings is 1. The Kier molecular flexibility index (Phi) is 7.17. The molecule has 0 aliphatic carbocycles. The van der Waals surface area contributed by atoms with E-state index in [-0.39, 0.29) is 6.04 Å². The molecule has 1 unspecified atom stereocenters. The molecule has 0 bridgehead atoms. The zero-order valence-electron chi connectivity index (χ0n) is 10.5. The first kappa shape index (κ1) is 14.4. The fourth-order valence-corrected chi connectivity index (χ4v) is 2.11. The third-order valence-corrected chi connectivity index (χ3v) is 3.16. The fourth-order valence-electron chi connectivity index (χ4n) is 1.93. The summed E-state index contributed by atoms with van der Waals surface area (Å²) < 4.78 is 0. The van der Waals surface area contributed by atoms with Gasteiger partial charge in [0.1, 0.15) is 5.15 Å². The number of aromatic nitrogens is 1. The van der Waals surface area contributed by atoms with E-state index < -0.39 is 0 Å². The van der Waals surface area contributed by atoms with Crippen LogP contribution in [0.4, 0.5) is 0 Å². The largest absolute Gasteiger partial charge is 0.271 e. The molecule has 1 heterocycles. The molecule has 0 fully saturated rings. The zero-order valence-corrected chi connectivity index (χ0v) is 11.2. The van der Waals surface area contributed by atoms with Gasteiger partial charge in [-0.3, -0.25) is 11.3 Å². The molecule has 0 radical (unpaired) electrons. The van der Waals surface area contributed by atoms with Crippen LogP contribution in [-0.4, -0.2) is 4.98 Å². The van der Waals surface area contributed by atoms with Crippen molar-refractivity contribution in [3.05, 3.63) is 29.0 Å². The predicted octanol–water partition coefficient (Wildman–Crippen LogP) is 3.60. The molecule has 0 spiro atoms. The Morgan fingerprint density at radius 3 is 2.76 bits per heavy atom. The van der Waals surface area contributed by atoms with E-state index >= 15 is 0 Å². The summed E-state index contributed by atoms with van der Waals surface area (Å²) in [6.45, 7) is 2.23. The molecule has 0 aliphatic rings. The van der Waals surface area contributed by atoms with Crippen LogP contribution >= 0.6 is 11.6 Å². The van der Waals surface area contributed by atoms with Crippen molar-refractivity contribution in [2.75, 3.05) is 0 Å². The second-order valence-corrected chi connectivity index (χ2v) is 4.72. The van der Waals surface area contributed by atoms with Crippen LogP contribution in [0.2, 0.25) is 5.15 Å². The van der Waals surface area contributed by atoms with Crippen LogP contribution in [0.25, 0.3) is 0 Å². The minimum atomic E-state index is 0.178. The highest BCUT2D eigenvalue weighted by molar-refractivity contribution is 6.29. The van der Waals surface area contributed by atoms with Gasteiger partial charge in [-0.15, -0.1) is 0 Å². The van der Waals surface area contributed by atoms with Crippen LogP contribution in [-0.2, 0) is 0 Å². The summed E-state index contributed by atoms with van der Waals surface area (Å²) in [6.07, 6.45) is 9.13. The number of hydrogen-bond donors (Lipinski definition) is 2. The Morgan fingerprint density at radius 2 is 2.12 bits per heavy atom. The van der Waals surface area contributed by atoms with Crippen molar-refractivity contribution in [1.29, 1.82) is 0 Å². The van der Waals surface area contributed by atoms with E-state index in [2.05, 4.69) is 17.3 Å². The molecule has 1 aromatic heterocycles. The molecule has 0 aromatic carbocycles. The highest BCUT2D eigenvalue weighted by Gasteiger charge is 2.09. The first-order chi connectivity index (χ1) is 8.27. The molecule has 1 atom stereocenters. The third-order valence-electron chi connectivity index (χ3n) is 2.95. The predicted molar refractivity (Wildman–Crippen MR) is 72.7 cm³/mol. The van der Waals surface area contributed by atoms with Gasteiger partial charge < -0.3 is 0 Å². The molecule has 0 saturated heterocycles. The number of halogens is 1.